The molecule has 0 amide bonds. The molecule has 0 aliphatic heterocycles. The molecule has 0 spiro atoms. The molecule has 1 saturated carbocycles. The Labute approximate surface area is 179 Å². The Morgan fingerprint density at radius 2 is 1.67 bits per heavy atom. The smallest absolute Gasteiger partial charge is 0.122 e. The molecule has 1 N–H and O–H groups in total. The number of benzene rings is 3. The van der Waals surface area contributed by atoms with E-state index in [-0.39, 0.29) is 0 Å². The molecule has 30 heavy (non-hydrogen) atoms. The largest absolute Gasteiger partial charge is 0.491 e. The Morgan fingerprint density at radius 3 is 2.50 bits per heavy atom. The summed E-state index contributed by atoms with van der Waals surface area (Å²) in [6.45, 7) is 2.12. The number of aliphatic hydroxyl groups excluding tert-OH is 1. The molecular weight excluding hydrogens is 368 g/mol. The van der Waals surface area contributed by atoms with Crippen molar-refractivity contribution in [1.82, 2.24) is 0 Å². The number of hydrogen-bond donors (Lipinski definition) is 1. The third-order valence-electron chi connectivity index (χ3n) is 6.70. The minimum absolute atomic E-state index is 0.342. The van der Waals surface area contributed by atoms with Crippen molar-refractivity contribution in [1.29, 1.82) is 0 Å². The summed E-state index contributed by atoms with van der Waals surface area (Å²) in [5.74, 6) is 1.50. The predicted molar refractivity (Wildman–Crippen MR) is 123 cm³/mol. The first-order valence-corrected chi connectivity index (χ1v) is 11.4. The summed E-state index contributed by atoms with van der Waals surface area (Å²) in [7, 11) is 0. The van der Waals surface area contributed by atoms with Crippen molar-refractivity contribution in [3.63, 3.8) is 0 Å². The summed E-state index contributed by atoms with van der Waals surface area (Å²) in [5.41, 5.74) is 9.54. The molecule has 0 bridgehead atoms. The Hall–Kier alpha value is -2.58. The minimum Gasteiger partial charge on any atom is -0.491 e. The summed E-state index contributed by atoms with van der Waals surface area (Å²) < 4.78 is 6.04. The SMILES string of the molecule is CC(O)COc1ccc(-c2cccc3c2Cc2ccccc2-3)cc1C1CCCCC1. The van der Waals surface area contributed by atoms with Crippen LogP contribution in [0.25, 0.3) is 22.3 Å². The second kappa shape index (κ2) is 8.28. The van der Waals surface area contributed by atoms with Crippen molar-refractivity contribution in [3.8, 4) is 28.0 Å². The quantitative estimate of drug-likeness (QED) is 0.404. The molecule has 2 nitrogen and oxygen atoms in total. The van der Waals surface area contributed by atoms with Gasteiger partial charge in [0.2, 0.25) is 0 Å². The highest BCUT2D eigenvalue weighted by Crippen LogP contribution is 2.44. The van der Waals surface area contributed by atoms with Crippen molar-refractivity contribution in [2.45, 2.75) is 57.5 Å². The molecule has 1 fully saturated rings. The van der Waals surface area contributed by atoms with Crippen LogP contribution in [0.15, 0.2) is 60.7 Å². The van der Waals surface area contributed by atoms with E-state index in [2.05, 4.69) is 60.7 Å². The third-order valence-corrected chi connectivity index (χ3v) is 6.70. The van der Waals surface area contributed by atoms with E-state index in [9.17, 15) is 5.11 Å². The standard InChI is InChI=1S/C28H30O2/c1-19(29)18-30-28-15-14-22(16-26(28)20-8-3-2-4-9-20)24-12-7-13-25-23-11-6-5-10-21(23)17-27(24)25/h5-7,10-16,19-20,29H,2-4,8-9,17-18H2,1H3. The molecule has 2 aliphatic carbocycles. The molecule has 0 radical (unpaired) electrons. The zero-order valence-corrected chi connectivity index (χ0v) is 17.7. The Bertz CT molecular complexity index is 1040. The monoisotopic (exact) mass is 398 g/mol. The number of fused-ring (bicyclic) bond motifs is 3. The average molecular weight is 399 g/mol. The maximum atomic E-state index is 9.71. The van der Waals surface area contributed by atoms with Crippen LogP contribution in [0.2, 0.25) is 0 Å². The highest BCUT2D eigenvalue weighted by Gasteiger charge is 2.24. The van der Waals surface area contributed by atoms with Crippen LogP contribution in [0.5, 0.6) is 5.75 Å². The third kappa shape index (κ3) is 3.65. The maximum absolute atomic E-state index is 9.71. The molecule has 3 aromatic rings. The maximum Gasteiger partial charge on any atom is 0.122 e. The molecule has 0 heterocycles. The Morgan fingerprint density at radius 1 is 0.900 bits per heavy atom. The average Bonchev–Trinajstić information content (AvgIpc) is 3.17. The normalized spacial score (nSPS) is 16.7. The topological polar surface area (TPSA) is 29.5 Å². The van der Waals surface area contributed by atoms with Crippen molar-refractivity contribution in [2.75, 3.05) is 6.61 Å². The van der Waals surface area contributed by atoms with E-state index in [0.29, 0.717) is 12.5 Å². The lowest BCUT2D eigenvalue weighted by Gasteiger charge is -2.25. The van der Waals surface area contributed by atoms with Gasteiger partial charge in [-0.3, -0.25) is 0 Å². The molecular formula is C28H30O2. The fourth-order valence-electron chi connectivity index (χ4n) is 5.22. The van der Waals surface area contributed by atoms with Gasteiger partial charge in [-0.2, -0.15) is 0 Å². The van der Waals surface area contributed by atoms with Crippen LogP contribution in [-0.2, 0) is 6.42 Å². The molecule has 1 atom stereocenters. The van der Waals surface area contributed by atoms with E-state index >= 15 is 0 Å². The lowest BCUT2D eigenvalue weighted by Crippen LogP contribution is -2.15. The van der Waals surface area contributed by atoms with E-state index in [1.54, 1.807) is 6.92 Å². The molecule has 0 saturated heterocycles. The van der Waals surface area contributed by atoms with E-state index in [0.717, 1.165) is 12.2 Å². The molecule has 2 heteroatoms. The van der Waals surface area contributed by atoms with Gasteiger partial charge in [0, 0.05) is 0 Å². The van der Waals surface area contributed by atoms with Crippen LogP contribution < -0.4 is 4.74 Å². The van der Waals surface area contributed by atoms with Crippen LogP contribution in [0.4, 0.5) is 0 Å². The van der Waals surface area contributed by atoms with E-state index in [1.165, 1.54) is 71.0 Å². The second-order valence-electron chi connectivity index (χ2n) is 8.91. The van der Waals surface area contributed by atoms with Crippen LogP contribution in [0.3, 0.4) is 0 Å². The van der Waals surface area contributed by atoms with Gasteiger partial charge in [0.15, 0.2) is 0 Å². The zero-order chi connectivity index (χ0) is 20.5. The van der Waals surface area contributed by atoms with Crippen molar-refractivity contribution >= 4 is 0 Å². The lowest BCUT2D eigenvalue weighted by molar-refractivity contribution is 0.121. The van der Waals surface area contributed by atoms with Gasteiger partial charge in [0.1, 0.15) is 12.4 Å². The summed E-state index contributed by atoms with van der Waals surface area (Å²) in [5, 5.41) is 9.71. The van der Waals surface area contributed by atoms with Gasteiger partial charge < -0.3 is 9.84 Å². The molecule has 2 aliphatic rings. The van der Waals surface area contributed by atoms with Crippen molar-refractivity contribution in [2.24, 2.45) is 0 Å². The fourth-order valence-corrected chi connectivity index (χ4v) is 5.22. The Balaban J connectivity index is 1.56. The first-order chi connectivity index (χ1) is 14.7. The minimum atomic E-state index is -0.459. The lowest BCUT2D eigenvalue weighted by atomic mass is 9.82. The summed E-state index contributed by atoms with van der Waals surface area (Å²) in [4.78, 5) is 0. The first kappa shape index (κ1) is 19.4. The fraction of sp³-hybridized carbons (Fsp3) is 0.357. The summed E-state index contributed by atoms with van der Waals surface area (Å²) >= 11 is 0. The van der Waals surface area contributed by atoms with Gasteiger partial charge in [-0.15, -0.1) is 0 Å². The van der Waals surface area contributed by atoms with Gasteiger partial charge in [0.25, 0.3) is 0 Å². The molecule has 0 aromatic heterocycles. The highest BCUT2D eigenvalue weighted by atomic mass is 16.5. The van der Waals surface area contributed by atoms with Gasteiger partial charge in [-0.1, -0.05) is 67.8 Å². The van der Waals surface area contributed by atoms with E-state index in [1.807, 2.05) is 0 Å². The zero-order valence-electron chi connectivity index (χ0n) is 17.7. The van der Waals surface area contributed by atoms with Gasteiger partial charge in [0.05, 0.1) is 6.10 Å². The first-order valence-electron chi connectivity index (χ1n) is 11.4. The number of rotatable bonds is 5. The van der Waals surface area contributed by atoms with E-state index in [4.69, 9.17) is 4.74 Å². The molecule has 5 rings (SSSR count). The van der Waals surface area contributed by atoms with Crippen LogP contribution in [-0.4, -0.2) is 17.8 Å². The van der Waals surface area contributed by atoms with E-state index < -0.39 is 6.10 Å². The van der Waals surface area contributed by atoms with Crippen molar-refractivity contribution < 1.29 is 9.84 Å². The number of ether oxygens (including phenoxy) is 1. The molecule has 3 aromatic carbocycles. The van der Waals surface area contributed by atoms with Crippen LogP contribution in [0, 0.1) is 0 Å². The highest BCUT2D eigenvalue weighted by molar-refractivity contribution is 5.85. The van der Waals surface area contributed by atoms with Crippen LogP contribution in [0.1, 0.15) is 61.6 Å². The summed E-state index contributed by atoms with van der Waals surface area (Å²) in [6, 6.07) is 22.2. The Kier molecular flexibility index (Phi) is 5.35. The second-order valence-corrected chi connectivity index (χ2v) is 8.91. The molecule has 154 valence electrons. The molecule has 1 unspecified atom stereocenters. The van der Waals surface area contributed by atoms with Gasteiger partial charge >= 0.3 is 0 Å². The predicted octanol–water partition coefficient (Wildman–Crippen LogP) is 6.73. The van der Waals surface area contributed by atoms with Crippen molar-refractivity contribution in [3.05, 3.63) is 77.4 Å². The summed E-state index contributed by atoms with van der Waals surface area (Å²) in [6.07, 6.45) is 6.92. The number of hydrogen-bond acceptors (Lipinski definition) is 2. The number of aliphatic hydroxyl groups is 1. The van der Waals surface area contributed by atoms with Gasteiger partial charge in [-0.05, 0) is 83.2 Å². The van der Waals surface area contributed by atoms with Gasteiger partial charge in [-0.25, -0.2) is 0 Å². The van der Waals surface area contributed by atoms with Crippen LogP contribution >= 0.6 is 0 Å².